The minimum absolute atomic E-state index is 0.115. The highest BCUT2D eigenvalue weighted by atomic mass is 79.9. The van der Waals surface area contributed by atoms with Gasteiger partial charge in [0.15, 0.2) is 0 Å². The molecule has 1 aromatic carbocycles. The number of aliphatic hydroxyl groups excluding tert-OH is 1. The predicted molar refractivity (Wildman–Crippen MR) is 82.7 cm³/mol. The van der Waals surface area contributed by atoms with Crippen LogP contribution >= 0.6 is 15.9 Å². The maximum Gasteiger partial charge on any atom is 0.323 e. The Morgan fingerprint density at radius 1 is 1.33 bits per heavy atom. The molecule has 1 aromatic rings. The number of rotatable bonds is 2. The summed E-state index contributed by atoms with van der Waals surface area (Å²) in [6.45, 7) is 2.73. The molecule has 0 bridgehead atoms. The van der Waals surface area contributed by atoms with Crippen molar-refractivity contribution in [2.24, 2.45) is 5.92 Å². The van der Waals surface area contributed by atoms with Crippen LogP contribution in [0.15, 0.2) is 28.7 Å². The van der Waals surface area contributed by atoms with Gasteiger partial charge in [-0.3, -0.25) is 9.69 Å². The van der Waals surface area contributed by atoms with Gasteiger partial charge in [0.2, 0.25) is 0 Å². The average molecular weight is 354 g/mol. The quantitative estimate of drug-likeness (QED) is 0.830. The number of nitrogens with zero attached hydrogens (tertiary/aromatic N) is 1. The molecule has 4 nitrogen and oxygen atoms in total. The van der Waals surface area contributed by atoms with Crippen molar-refractivity contribution >= 4 is 21.9 Å². The van der Waals surface area contributed by atoms with Crippen LogP contribution in [-0.2, 0) is 9.53 Å². The second-order valence-electron chi connectivity index (χ2n) is 6.01. The molecule has 0 amide bonds. The molecular formula is C16H20BrNO3. The Bertz CT molecular complexity index is 519. The molecule has 4 atom stereocenters. The molecular weight excluding hydrogens is 334 g/mol. The number of hydrogen-bond acceptors (Lipinski definition) is 4. The van der Waals surface area contributed by atoms with E-state index in [1.807, 2.05) is 12.1 Å². The van der Waals surface area contributed by atoms with Crippen LogP contribution in [0.3, 0.4) is 0 Å². The number of aliphatic hydroxyl groups is 1. The van der Waals surface area contributed by atoms with Gasteiger partial charge >= 0.3 is 5.97 Å². The van der Waals surface area contributed by atoms with E-state index in [4.69, 9.17) is 4.74 Å². The molecule has 2 fully saturated rings. The van der Waals surface area contributed by atoms with Crippen LogP contribution < -0.4 is 0 Å². The van der Waals surface area contributed by atoms with Crippen molar-refractivity contribution in [2.45, 2.75) is 38.0 Å². The molecule has 0 aromatic heterocycles. The van der Waals surface area contributed by atoms with Gasteiger partial charge in [0.1, 0.15) is 12.1 Å². The summed E-state index contributed by atoms with van der Waals surface area (Å²) in [4.78, 5) is 14.4. The largest absolute Gasteiger partial charge is 0.457 e. The first kappa shape index (κ1) is 15.0. The van der Waals surface area contributed by atoms with Gasteiger partial charge in [-0.2, -0.15) is 0 Å². The lowest BCUT2D eigenvalue weighted by Gasteiger charge is -2.48. The number of benzene rings is 1. The number of esters is 1. The van der Waals surface area contributed by atoms with Gasteiger partial charge in [-0.25, -0.2) is 0 Å². The van der Waals surface area contributed by atoms with Gasteiger partial charge in [-0.15, -0.1) is 0 Å². The number of piperidine rings is 1. The number of morpholine rings is 1. The molecule has 2 heterocycles. The van der Waals surface area contributed by atoms with E-state index in [-0.39, 0.29) is 24.7 Å². The second kappa shape index (κ2) is 6.07. The number of fused-ring (bicyclic) bond motifs is 1. The zero-order valence-corrected chi connectivity index (χ0v) is 13.6. The smallest absolute Gasteiger partial charge is 0.323 e. The van der Waals surface area contributed by atoms with Gasteiger partial charge in [0, 0.05) is 17.1 Å². The molecule has 3 rings (SSSR count). The molecule has 0 aliphatic carbocycles. The van der Waals surface area contributed by atoms with E-state index in [0.29, 0.717) is 12.5 Å². The zero-order chi connectivity index (χ0) is 15.0. The normalized spacial score (nSPS) is 33.4. The number of halogens is 1. The Morgan fingerprint density at radius 3 is 2.71 bits per heavy atom. The third kappa shape index (κ3) is 2.87. The van der Waals surface area contributed by atoms with E-state index in [2.05, 4.69) is 39.9 Å². The van der Waals surface area contributed by atoms with Crippen molar-refractivity contribution in [3.05, 3.63) is 34.3 Å². The third-order valence-corrected chi connectivity index (χ3v) is 5.11. The van der Waals surface area contributed by atoms with E-state index < -0.39 is 6.10 Å². The molecule has 21 heavy (non-hydrogen) atoms. The predicted octanol–water partition coefficient (Wildman–Crippen LogP) is 2.51. The summed E-state index contributed by atoms with van der Waals surface area (Å²) in [5.41, 5.74) is 1.22. The molecule has 0 saturated carbocycles. The van der Waals surface area contributed by atoms with Crippen LogP contribution in [0.1, 0.15) is 31.4 Å². The summed E-state index contributed by atoms with van der Waals surface area (Å²) in [7, 11) is 0. The van der Waals surface area contributed by atoms with E-state index in [9.17, 15) is 9.90 Å². The third-order valence-electron chi connectivity index (χ3n) is 4.58. The number of cyclic esters (lactones) is 1. The van der Waals surface area contributed by atoms with Gasteiger partial charge in [0.25, 0.3) is 0 Å². The molecule has 2 aliphatic heterocycles. The van der Waals surface area contributed by atoms with Crippen molar-refractivity contribution in [1.29, 1.82) is 0 Å². The lowest BCUT2D eigenvalue weighted by molar-refractivity contribution is -0.177. The van der Waals surface area contributed by atoms with Crippen LogP contribution in [0.25, 0.3) is 0 Å². The van der Waals surface area contributed by atoms with Crippen LogP contribution in [0.5, 0.6) is 0 Å². The first-order chi connectivity index (χ1) is 10.1. The van der Waals surface area contributed by atoms with Crippen molar-refractivity contribution in [3.63, 3.8) is 0 Å². The van der Waals surface area contributed by atoms with E-state index in [1.54, 1.807) is 0 Å². The second-order valence-corrected chi connectivity index (χ2v) is 6.92. The highest BCUT2D eigenvalue weighted by Gasteiger charge is 2.44. The summed E-state index contributed by atoms with van der Waals surface area (Å²) in [6.07, 6.45) is 1.45. The summed E-state index contributed by atoms with van der Waals surface area (Å²) in [6, 6.07) is 8.34. The van der Waals surface area contributed by atoms with E-state index in [1.165, 1.54) is 5.56 Å². The fourth-order valence-electron chi connectivity index (χ4n) is 3.55. The Kier molecular flexibility index (Phi) is 4.33. The summed E-state index contributed by atoms with van der Waals surface area (Å²) in [5.74, 6) is 0.294. The molecule has 2 aliphatic rings. The maximum absolute atomic E-state index is 12.2. The standard InChI is InChI=1S/C16H20BrNO3/c1-10-2-7-14-16(20)21-13(9-19)8-18(14)15(10)11-3-5-12(17)6-4-11/h3-6,10,13-15,19H,2,7-9H2,1H3/t10-,13?,14-,15-/m0/s1. The highest BCUT2D eigenvalue weighted by molar-refractivity contribution is 9.10. The van der Waals surface area contributed by atoms with Crippen molar-refractivity contribution in [2.75, 3.05) is 13.2 Å². The van der Waals surface area contributed by atoms with Gasteiger partial charge in [-0.05, 0) is 36.5 Å². The minimum Gasteiger partial charge on any atom is -0.457 e. The lowest BCUT2D eigenvalue weighted by atomic mass is 9.82. The van der Waals surface area contributed by atoms with Gasteiger partial charge in [-0.1, -0.05) is 35.0 Å². The zero-order valence-electron chi connectivity index (χ0n) is 12.0. The number of ether oxygens (including phenoxy) is 1. The number of carbonyl (C=O) groups is 1. The number of carbonyl (C=O) groups excluding carboxylic acids is 1. The average Bonchev–Trinajstić information content (AvgIpc) is 2.48. The number of hydrogen-bond donors (Lipinski definition) is 1. The molecule has 1 unspecified atom stereocenters. The molecule has 2 saturated heterocycles. The van der Waals surface area contributed by atoms with Crippen molar-refractivity contribution < 1.29 is 14.6 Å². The monoisotopic (exact) mass is 353 g/mol. The Balaban J connectivity index is 1.92. The van der Waals surface area contributed by atoms with E-state index in [0.717, 1.165) is 17.3 Å². The van der Waals surface area contributed by atoms with E-state index >= 15 is 0 Å². The van der Waals surface area contributed by atoms with Gasteiger partial charge in [0.05, 0.1) is 6.61 Å². The summed E-state index contributed by atoms with van der Waals surface area (Å²) in [5, 5.41) is 9.35. The Labute approximate surface area is 133 Å². The van der Waals surface area contributed by atoms with Crippen LogP contribution in [0.4, 0.5) is 0 Å². The first-order valence-corrected chi connectivity index (χ1v) is 8.22. The fraction of sp³-hybridized carbons (Fsp3) is 0.562. The molecule has 114 valence electrons. The maximum atomic E-state index is 12.2. The van der Waals surface area contributed by atoms with Crippen LogP contribution in [-0.4, -0.2) is 41.3 Å². The topological polar surface area (TPSA) is 49.8 Å². The lowest BCUT2D eigenvalue weighted by Crippen LogP contribution is -2.57. The Hall–Kier alpha value is -0.910. The van der Waals surface area contributed by atoms with Crippen LogP contribution in [0, 0.1) is 5.92 Å². The molecule has 0 spiro atoms. The minimum atomic E-state index is -0.406. The van der Waals surface area contributed by atoms with Crippen molar-refractivity contribution in [1.82, 2.24) is 4.90 Å². The Morgan fingerprint density at radius 2 is 2.05 bits per heavy atom. The highest BCUT2D eigenvalue weighted by Crippen LogP contribution is 2.41. The summed E-state index contributed by atoms with van der Waals surface area (Å²) < 4.78 is 6.36. The first-order valence-electron chi connectivity index (χ1n) is 7.42. The van der Waals surface area contributed by atoms with Gasteiger partial charge < -0.3 is 9.84 Å². The fourth-order valence-corrected chi connectivity index (χ4v) is 3.81. The van der Waals surface area contributed by atoms with Crippen LogP contribution in [0.2, 0.25) is 0 Å². The molecule has 0 radical (unpaired) electrons. The SMILES string of the molecule is C[C@H]1CC[C@H]2C(=O)OC(CO)CN2[C@@H]1c1ccc(Br)cc1. The molecule has 1 N–H and O–H groups in total. The molecule has 5 heteroatoms. The summed E-state index contributed by atoms with van der Waals surface area (Å²) >= 11 is 3.46. The van der Waals surface area contributed by atoms with Crippen molar-refractivity contribution in [3.8, 4) is 0 Å².